The highest BCUT2D eigenvalue weighted by Crippen LogP contribution is 2.05. The van der Waals surface area contributed by atoms with Gasteiger partial charge in [-0.1, -0.05) is 6.07 Å². The monoisotopic (exact) mass is 251 g/mol. The van der Waals surface area contributed by atoms with Crippen LogP contribution in [0.4, 0.5) is 5.82 Å². The maximum absolute atomic E-state index is 11.6. The molecule has 1 unspecified atom stereocenters. The van der Waals surface area contributed by atoms with E-state index in [4.69, 9.17) is 5.11 Å². The second-order valence-electron chi connectivity index (χ2n) is 3.62. The minimum Gasteiger partial charge on any atom is -0.477 e. The van der Waals surface area contributed by atoms with E-state index in [1.165, 1.54) is 32.0 Å². The van der Waals surface area contributed by atoms with Gasteiger partial charge in [0.25, 0.3) is 0 Å². The van der Waals surface area contributed by atoms with Crippen molar-refractivity contribution in [3.63, 3.8) is 0 Å². The van der Waals surface area contributed by atoms with Crippen LogP contribution in [0.15, 0.2) is 18.2 Å². The summed E-state index contributed by atoms with van der Waals surface area (Å²) in [4.78, 5) is 36.8. The Morgan fingerprint density at radius 3 is 2.56 bits per heavy atom. The van der Waals surface area contributed by atoms with Crippen LogP contribution in [-0.4, -0.2) is 33.9 Å². The summed E-state index contributed by atoms with van der Waals surface area (Å²) in [7, 11) is 0. The quantitative estimate of drug-likeness (QED) is 0.710. The average molecular weight is 251 g/mol. The smallest absolute Gasteiger partial charge is 0.354 e. The molecule has 1 aromatic rings. The van der Waals surface area contributed by atoms with Crippen molar-refractivity contribution in [1.82, 2.24) is 10.3 Å². The van der Waals surface area contributed by atoms with Crippen LogP contribution in [0.5, 0.6) is 0 Å². The van der Waals surface area contributed by atoms with Crippen molar-refractivity contribution in [1.29, 1.82) is 0 Å². The number of carboxylic acids is 1. The largest absolute Gasteiger partial charge is 0.477 e. The molecule has 0 aliphatic heterocycles. The molecule has 1 aromatic heterocycles. The zero-order valence-corrected chi connectivity index (χ0v) is 9.93. The molecule has 3 N–H and O–H groups in total. The summed E-state index contributed by atoms with van der Waals surface area (Å²) in [5.41, 5.74) is -0.167. The third-order valence-corrected chi connectivity index (χ3v) is 2.03. The molecule has 1 rings (SSSR count). The van der Waals surface area contributed by atoms with Crippen LogP contribution in [0.2, 0.25) is 0 Å². The van der Waals surface area contributed by atoms with Gasteiger partial charge in [-0.2, -0.15) is 0 Å². The highest BCUT2D eigenvalue weighted by Gasteiger charge is 2.14. The van der Waals surface area contributed by atoms with E-state index < -0.39 is 17.9 Å². The molecule has 18 heavy (non-hydrogen) atoms. The van der Waals surface area contributed by atoms with Gasteiger partial charge in [0.15, 0.2) is 5.69 Å². The predicted octanol–water partition coefficient (Wildman–Crippen LogP) is 0.243. The van der Waals surface area contributed by atoms with Gasteiger partial charge in [0, 0.05) is 6.92 Å². The van der Waals surface area contributed by atoms with Crippen LogP contribution in [-0.2, 0) is 9.59 Å². The van der Waals surface area contributed by atoms with Crippen LogP contribution in [0, 0.1) is 0 Å². The Kier molecular flexibility index (Phi) is 4.36. The first-order valence-corrected chi connectivity index (χ1v) is 5.18. The number of hydrogen-bond donors (Lipinski definition) is 3. The molecule has 0 saturated heterocycles. The fraction of sp³-hybridized carbons (Fsp3) is 0.273. The van der Waals surface area contributed by atoms with E-state index >= 15 is 0 Å². The van der Waals surface area contributed by atoms with Crippen LogP contribution < -0.4 is 10.6 Å². The number of rotatable bonds is 4. The van der Waals surface area contributed by atoms with E-state index in [2.05, 4.69) is 15.6 Å². The number of hydrogen-bond acceptors (Lipinski definition) is 4. The third-order valence-electron chi connectivity index (χ3n) is 2.03. The number of pyridine rings is 1. The molecule has 0 saturated carbocycles. The van der Waals surface area contributed by atoms with Gasteiger partial charge in [-0.05, 0) is 19.1 Å². The number of amides is 2. The van der Waals surface area contributed by atoms with Crippen molar-refractivity contribution < 1.29 is 19.5 Å². The van der Waals surface area contributed by atoms with Crippen molar-refractivity contribution in [2.24, 2.45) is 0 Å². The minimum absolute atomic E-state index is 0.122. The van der Waals surface area contributed by atoms with Crippen molar-refractivity contribution in [2.45, 2.75) is 19.9 Å². The molecule has 0 aromatic carbocycles. The SMILES string of the molecule is CC(=O)NC(C)C(=O)Nc1cccc(C(=O)O)n1. The first-order chi connectivity index (χ1) is 8.40. The standard InChI is InChI=1S/C11H13N3O4/c1-6(12-7(2)15)10(16)14-9-5-3-4-8(13-9)11(17)18/h3-6H,1-2H3,(H,12,15)(H,17,18)(H,13,14,16). The molecular weight excluding hydrogens is 238 g/mol. The summed E-state index contributed by atoms with van der Waals surface area (Å²) >= 11 is 0. The summed E-state index contributed by atoms with van der Waals surface area (Å²) < 4.78 is 0. The second kappa shape index (κ2) is 5.76. The molecule has 0 bridgehead atoms. The maximum atomic E-state index is 11.6. The zero-order chi connectivity index (χ0) is 13.7. The number of aromatic carboxylic acids is 1. The summed E-state index contributed by atoms with van der Waals surface area (Å²) in [5.74, 6) is -1.86. The number of nitrogens with one attached hydrogen (secondary N) is 2. The van der Waals surface area contributed by atoms with Gasteiger partial charge in [0.05, 0.1) is 0 Å². The molecule has 7 heteroatoms. The van der Waals surface area contributed by atoms with Gasteiger partial charge in [0.1, 0.15) is 11.9 Å². The third kappa shape index (κ3) is 3.85. The molecule has 0 fully saturated rings. The lowest BCUT2D eigenvalue weighted by Gasteiger charge is -2.12. The van der Waals surface area contributed by atoms with Gasteiger partial charge < -0.3 is 15.7 Å². The van der Waals surface area contributed by atoms with Crippen LogP contribution in [0.3, 0.4) is 0 Å². The summed E-state index contributed by atoms with van der Waals surface area (Å²) in [6, 6.07) is 3.52. The second-order valence-corrected chi connectivity index (χ2v) is 3.62. The van der Waals surface area contributed by atoms with Crippen molar-refractivity contribution in [2.75, 3.05) is 5.32 Å². The highest BCUT2D eigenvalue weighted by atomic mass is 16.4. The van der Waals surface area contributed by atoms with Gasteiger partial charge in [0.2, 0.25) is 11.8 Å². The Morgan fingerprint density at radius 2 is 2.00 bits per heavy atom. The van der Waals surface area contributed by atoms with Crippen molar-refractivity contribution in [3.05, 3.63) is 23.9 Å². The zero-order valence-electron chi connectivity index (χ0n) is 9.93. The van der Waals surface area contributed by atoms with E-state index in [1.807, 2.05) is 0 Å². The minimum atomic E-state index is -1.18. The lowest BCUT2D eigenvalue weighted by Crippen LogP contribution is -2.40. The van der Waals surface area contributed by atoms with E-state index in [0.717, 1.165) is 0 Å². The molecule has 1 heterocycles. The maximum Gasteiger partial charge on any atom is 0.354 e. The van der Waals surface area contributed by atoms with E-state index in [-0.39, 0.29) is 17.4 Å². The van der Waals surface area contributed by atoms with Gasteiger partial charge >= 0.3 is 5.97 Å². The highest BCUT2D eigenvalue weighted by molar-refractivity contribution is 5.96. The Morgan fingerprint density at radius 1 is 1.33 bits per heavy atom. The van der Waals surface area contributed by atoms with Crippen LogP contribution in [0.1, 0.15) is 24.3 Å². The fourth-order valence-electron chi connectivity index (χ4n) is 1.23. The Labute approximate surface area is 103 Å². The summed E-state index contributed by atoms with van der Waals surface area (Å²) in [6.45, 7) is 2.81. The number of carbonyl (C=O) groups is 3. The van der Waals surface area contributed by atoms with E-state index in [0.29, 0.717) is 0 Å². The molecule has 0 aliphatic rings. The molecule has 7 nitrogen and oxygen atoms in total. The normalized spacial score (nSPS) is 11.4. The lowest BCUT2D eigenvalue weighted by atomic mass is 10.3. The Hall–Kier alpha value is -2.44. The van der Waals surface area contributed by atoms with Gasteiger partial charge in [-0.25, -0.2) is 9.78 Å². The van der Waals surface area contributed by atoms with Crippen LogP contribution in [0.25, 0.3) is 0 Å². The number of aromatic nitrogens is 1. The topological polar surface area (TPSA) is 108 Å². The molecular formula is C11H13N3O4. The molecule has 0 spiro atoms. The molecule has 0 radical (unpaired) electrons. The Bertz CT molecular complexity index is 487. The Balaban J connectivity index is 2.72. The predicted molar refractivity (Wildman–Crippen MR) is 63.1 cm³/mol. The molecule has 96 valence electrons. The number of nitrogens with zero attached hydrogens (tertiary/aromatic N) is 1. The van der Waals surface area contributed by atoms with E-state index in [9.17, 15) is 14.4 Å². The summed E-state index contributed by atoms with van der Waals surface area (Å²) in [6.07, 6.45) is 0. The summed E-state index contributed by atoms with van der Waals surface area (Å²) in [5, 5.41) is 13.6. The first kappa shape index (κ1) is 13.6. The molecule has 2 amide bonds. The number of carbonyl (C=O) groups excluding carboxylic acids is 2. The molecule has 0 aliphatic carbocycles. The van der Waals surface area contributed by atoms with Gasteiger partial charge in [-0.15, -0.1) is 0 Å². The lowest BCUT2D eigenvalue weighted by molar-refractivity contribution is -0.124. The molecule has 1 atom stereocenters. The average Bonchev–Trinajstić information content (AvgIpc) is 2.28. The fourth-order valence-corrected chi connectivity index (χ4v) is 1.23. The van der Waals surface area contributed by atoms with Crippen molar-refractivity contribution >= 4 is 23.6 Å². The number of carboxylic acid groups (broad SMARTS) is 1. The number of anilines is 1. The van der Waals surface area contributed by atoms with E-state index in [1.54, 1.807) is 0 Å². The van der Waals surface area contributed by atoms with Gasteiger partial charge in [-0.3, -0.25) is 9.59 Å². The van der Waals surface area contributed by atoms with Crippen LogP contribution >= 0.6 is 0 Å². The van der Waals surface area contributed by atoms with Crippen molar-refractivity contribution in [3.8, 4) is 0 Å². The first-order valence-electron chi connectivity index (χ1n) is 5.18.